The van der Waals surface area contributed by atoms with E-state index in [1.54, 1.807) is 11.8 Å². The number of carbonyl (C=O) groups is 5. The smallest absolute Gasteiger partial charge is 0.397 e. The maximum atomic E-state index is 13.7. The molecule has 59 heteroatoms. The Balaban J connectivity index is 1.15. The first kappa shape index (κ1) is 94.2. The normalized spacial score (nSPS) is 36.5. The molecular formula is C52H86N4O48S7. The van der Waals surface area contributed by atoms with Crippen molar-refractivity contribution in [2.75, 3.05) is 74.8 Å². The molecule has 111 heavy (non-hydrogen) atoms. The van der Waals surface area contributed by atoms with E-state index in [1.165, 1.54) is 0 Å². The van der Waals surface area contributed by atoms with Crippen LogP contribution >= 0.6 is 11.8 Å². The molecular weight excluding hydrogens is 1670 g/mol. The molecule has 0 radical (unpaired) electrons. The number of methoxy groups -OCH3 is 6. The average molecular weight is 1760 g/mol. The van der Waals surface area contributed by atoms with E-state index >= 15 is 0 Å². The van der Waals surface area contributed by atoms with Crippen LogP contribution in [0.15, 0.2) is 0 Å². The number of aliphatic carboxylic acids is 2. The molecule has 7 aliphatic heterocycles. The summed E-state index contributed by atoms with van der Waals surface area (Å²) in [6, 6.07) is -2.15. The number of urea groups is 1. The number of hydrogen-bond acceptors (Lipinski definition) is 41. The molecule has 7 heterocycles. The number of ether oxygens (including phenoxy) is 15. The van der Waals surface area contributed by atoms with E-state index in [0.29, 0.717) is 19.3 Å². The highest BCUT2D eigenvalue weighted by atomic mass is 32.3. The van der Waals surface area contributed by atoms with Crippen molar-refractivity contribution in [3.8, 4) is 0 Å². The molecule has 28 atom stereocenters. The van der Waals surface area contributed by atoms with Gasteiger partial charge >= 0.3 is 80.4 Å². The van der Waals surface area contributed by atoms with Crippen LogP contribution in [0.1, 0.15) is 51.4 Å². The van der Waals surface area contributed by atoms with Gasteiger partial charge in [0.25, 0.3) is 0 Å². The number of carboxylic acids is 2. The van der Waals surface area contributed by atoms with E-state index in [4.69, 9.17) is 83.6 Å². The molecule has 52 nitrogen and oxygen atoms in total. The van der Waals surface area contributed by atoms with Gasteiger partial charge in [0.15, 0.2) is 55.9 Å². The molecule has 644 valence electrons. The predicted octanol–water partition coefficient (Wildman–Crippen LogP) is -7.33. The van der Waals surface area contributed by atoms with Crippen LogP contribution in [0.4, 0.5) is 4.79 Å². The summed E-state index contributed by atoms with van der Waals surface area (Å²) in [6.45, 7) is -4.16. The minimum atomic E-state index is -6.22. The Morgan fingerprint density at radius 2 is 0.847 bits per heavy atom. The van der Waals surface area contributed by atoms with Gasteiger partial charge in [0, 0.05) is 73.0 Å². The standard InChI is InChI=1S/C52H86N4O48S7/c1-84-33-31(22(17-91-107(69,70)71)94-48(89-6)43(33)103-110(78,79)80)96-49-42(88-5)35(86-3)37(40(101-49)46(63)64)99-51-44(104-111(81,82)83)38(102-109(75,76)77)32(23(95-51)18-92-108(72,73)74)97-50-41(87-4)34(85-2)36(39(100-50)45(61)62)98-47-28(30(60)29(59)21(93-47)16-90-106(66,67)68)55-26(58)14-8-7-11-15-53-25(57)13-10-9-12-24-27-20(19-105-24)54-52(65)56-27/h20-24,27-44,47-51,59-60H,7-19H2,1-6H3,(H,53,57)(H,55,58)(H,61,62)(H,63,64)(H2,54,56,65)(H,66,67,68)(H,69,70,71)(H,72,73,74)(H,75,76,77)(H,78,79,80)(H,81,82,83)/t20?,21-,22-,23-,24?,27?,28-,29-,30-,31-,32-,33+,34+,35+,36+,37+,38+,39+,40+,41-,42-,43-,44-,47+,48+,49+,50-,51-/m1/s1. The Morgan fingerprint density at radius 3 is 1.32 bits per heavy atom. The van der Waals surface area contributed by atoms with Gasteiger partial charge < -0.3 is 113 Å². The van der Waals surface area contributed by atoms with Gasteiger partial charge in [-0.05, 0) is 25.7 Å². The van der Waals surface area contributed by atoms with Gasteiger partial charge in [-0.2, -0.15) is 62.3 Å². The third-order valence-electron chi connectivity index (χ3n) is 17.8. The van der Waals surface area contributed by atoms with Crippen LogP contribution < -0.4 is 21.3 Å². The van der Waals surface area contributed by atoms with Crippen LogP contribution in [0, 0.1) is 0 Å². The molecule has 0 bridgehead atoms. The lowest BCUT2D eigenvalue weighted by atomic mass is 9.94. The number of thioether (sulfide) groups is 1. The SMILES string of the molecule is CO[C@H]1O[C@H](COS(=O)(=O)O)[C@@H](O[C@H]2O[C@H](C(=O)O)[C@@H](O[C@H]3O[C@H](COS(=O)(=O)O)[C@@H](O[C@@H]4O[C@H](C(=O)O)[C@@H](O[C@@H]5O[C@H](COS(=O)(=O)O)[C@@H](O)[C@H](O)[C@H]5NC(=O)CCCCCNC(=O)CCCCC5SCC6NC(=O)NC65)[C@H](OC)[C@H]4OC)[C@H](OS(=O)(=O)O)[C@H]3OS(=O)(=O)O)[C@H](OC)[C@H]2OC)[C@H](OC)[C@H]1OS(=O)(=O)O. The summed E-state index contributed by atoms with van der Waals surface area (Å²) in [6.07, 6.45) is -54.5. The second-order valence-electron chi connectivity index (χ2n) is 25.0. The Hall–Kier alpha value is -3.96. The van der Waals surface area contributed by atoms with Crippen LogP contribution in [0.3, 0.4) is 0 Å². The minimum absolute atomic E-state index is 0.0130. The first-order valence-electron chi connectivity index (χ1n) is 32.7. The number of rotatable bonds is 43. The number of nitrogens with one attached hydrogen (secondary N) is 4. The Labute approximate surface area is 637 Å². The van der Waals surface area contributed by atoms with Gasteiger partial charge in [-0.15, -0.1) is 0 Å². The second kappa shape index (κ2) is 40.5. The molecule has 7 rings (SSSR count). The number of carbonyl (C=O) groups excluding carboxylic acids is 3. The zero-order valence-corrected chi connectivity index (χ0v) is 64.4. The van der Waals surface area contributed by atoms with Crippen LogP contribution in [0.5, 0.6) is 0 Å². The monoisotopic (exact) mass is 1760 g/mol. The van der Waals surface area contributed by atoms with Crippen molar-refractivity contribution in [1.29, 1.82) is 0 Å². The number of amides is 4. The first-order valence-corrected chi connectivity index (χ1v) is 41.9. The Bertz CT molecular complexity index is 3840. The number of aliphatic hydroxyl groups is 2. The van der Waals surface area contributed by atoms with Crippen LogP contribution in [0.25, 0.3) is 0 Å². The summed E-state index contributed by atoms with van der Waals surface area (Å²) >= 11 is 1.74. The van der Waals surface area contributed by atoms with E-state index in [0.717, 1.165) is 61.3 Å². The minimum Gasteiger partial charge on any atom is -0.479 e. The van der Waals surface area contributed by atoms with Gasteiger partial charge in [-0.25, -0.2) is 39.5 Å². The molecule has 0 spiro atoms. The summed E-state index contributed by atoms with van der Waals surface area (Å²) in [5.41, 5.74) is 0. The lowest BCUT2D eigenvalue weighted by molar-refractivity contribution is -0.386. The topological polar surface area (TPSA) is 734 Å². The van der Waals surface area contributed by atoms with Crippen LogP contribution in [-0.4, -0.2) is 374 Å². The molecule has 7 fully saturated rings. The fraction of sp³-hybridized carbons (Fsp3) is 0.904. The summed E-state index contributed by atoms with van der Waals surface area (Å²) < 4.78 is 320. The van der Waals surface area contributed by atoms with E-state index in [9.17, 15) is 122 Å². The summed E-state index contributed by atoms with van der Waals surface area (Å²) in [5.74, 6) is -4.62. The lowest BCUT2D eigenvalue weighted by Gasteiger charge is -2.51. The highest BCUT2D eigenvalue weighted by molar-refractivity contribution is 8.00. The predicted molar refractivity (Wildman–Crippen MR) is 350 cm³/mol. The number of fused-ring (bicyclic) bond motifs is 1. The van der Waals surface area contributed by atoms with Gasteiger partial charge in [0.1, 0.15) is 97.6 Å². The Morgan fingerprint density at radius 1 is 0.441 bits per heavy atom. The zero-order chi connectivity index (χ0) is 82.6. The fourth-order valence-electron chi connectivity index (χ4n) is 13.1. The van der Waals surface area contributed by atoms with Crippen LogP contribution in [0.2, 0.25) is 0 Å². The van der Waals surface area contributed by atoms with E-state index in [1.807, 2.05) is 0 Å². The third-order valence-corrected chi connectivity index (χ3v) is 22.0. The molecule has 14 N–H and O–H groups in total. The van der Waals surface area contributed by atoms with Crippen molar-refractivity contribution in [2.45, 2.75) is 222 Å². The van der Waals surface area contributed by atoms with Crippen molar-refractivity contribution in [3.63, 3.8) is 0 Å². The van der Waals surface area contributed by atoms with Gasteiger partial charge in [0.2, 0.25) is 11.8 Å². The summed E-state index contributed by atoms with van der Waals surface area (Å²) in [4.78, 5) is 64.9. The average Bonchev–Trinajstić information content (AvgIpc) is 1.52. The molecule has 7 saturated heterocycles. The quantitative estimate of drug-likeness (QED) is 0.0153. The molecule has 0 saturated carbocycles. The van der Waals surface area contributed by atoms with E-state index < -0.39 is 254 Å². The summed E-state index contributed by atoms with van der Waals surface area (Å²) in [5, 5.41) is 55.5. The van der Waals surface area contributed by atoms with Crippen molar-refractivity contribution in [1.82, 2.24) is 21.3 Å². The molecule has 7 aliphatic rings. The molecule has 0 aromatic heterocycles. The lowest BCUT2D eigenvalue weighted by Crippen LogP contribution is -2.70. The number of unbranched alkanes of at least 4 members (excludes halogenated alkanes) is 3. The molecule has 0 aromatic rings. The highest BCUT2D eigenvalue weighted by Gasteiger charge is 2.62. The van der Waals surface area contributed by atoms with Gasteiger partial charge in [-0.3, -0.25) is 36.9 Å². The second-order valence-corrected chi connectivity index (χ2v) is 32.7. The molecule has 3 unspecified atom stereocenters. The molecule has 4 amide bonds. The maximum Gasteiger partial charge on any atom is 0.397 e. The van der Waals surface area contributed by atoms with Crippen molar-refractivity contribution in [2.24, 2.45) is 0 Å². The van der Waals surface area contributed by atoms with Crippen LogP contribution in [-0.2, 0) is 178 Å². The van der Waals surface area contributed by atoms with Crippen molar-refractivity contribution >= 4 is 104 Å². The third kappa shape index (κ3) is 27.0. The molecule has 0 aromatic carbocycles. The maximum absolute atomic E-state index is 13.7. The number of carboxylic acid groups (broad SMARTS) is 2. The van der Waals surface area contributed by atoms with E-state index in [2.05, 4.69) is 33.8 Å². The first-order chi connectivity index (χ1) is 51.7. The van der Waals surface area contributed by atoms with Gasteiger partial charge in [-0.1, -0.05) is 12.8 Å². The van der Waals surface area contributed by atoms with Crippen molar-refractivity contribution < 1.29 is 218 Å². The zero-order valence-electron chi connectivity index (χ0n) is 58.7. The van der Waals surface area contributed by atoms with Crippen molar-refractivity contribution in [3.05, 3.63) is 0 Å². The highest BCUT2D eigenvalue weighted by Crippen LogP contribution is 2.41. The molecule has 0 aliphatic carbocycles. The number of hydrogen-bond donors (Lipinski definition) is 14. The fourth-order valence-corrected chi connectivity index (χ4v) is 17.0. The Kier molecular flexibility index (Phi) is 34.3. The number of aliphatic hydroxyl groups excluding tert-OH is 2. The summed E-state index contributed by atoms with van der Waals surface area (Å²) in [7, 11) is -29.4. The largest absolute Gasteiger partial charge is 0.479 e. The van der Waals surface area contributed by atoms with E-state index in [-0.39, 0.29) is 55.1 Å². The van der Waals surface area contributed by atoms with Gasteiger partial charge in [0.05, 0.1) is 31.9 Å².